The number of furan rings is 2. The summed E-state index contributed by atoms with van der Waals surface area (Å²) in [6, 6.07) is 135. The zero-order valence-electron chi connectivity index (χ0n) is 60.3. The molecule has 0 radical (unpaired) electrons. The lowest BCUT2D eigenvalue weighted by Crippen LogP contribution is -2.03. The van der Waals surface area contributed by atoms with Crippen LogP contribution in [0.25, 0.3) is 212 Å². The number of nitrogens with zero attached hydrogens (tertiary/aromatic N) is 8. The molecule has 6 heterocycles. The molecule has 10 heteroatoms. The number of rotatable bonds is 12. The van der Waals surface area contributed by atoms with E-state index in [2.05, 4.69) is 312 Å². The average Bonchev–Trinajstić information content (AvgIpc) is 1.56. The molecule has 0 saturated carbocycles. The summed E-state index contributed by atoms with van der Waals surface area (Å²) in [5.74, 6) is 3.63. The van der Waals surface area contributed by atoms with Crippen LogP contribution in [0.2, 0.25) is 0 Å². The Labute approximate surface area is 643 Å². The summed E-state index contributed by atoms with van der Waals surface area (Å²) in [5.41, 5.74) is 24.1. The molecule has 0 N–H and O–H groups in total. The van der Waals surface area contributed by atoms with Gasteiger partial charge in [0.1, 0.15) is 11.2 Å². The third kappa shape index (κ3) is 11.5. The molecule has 6 aromatic heterocycles. The second-order valence-corrected chi connectivity index (χ2v) is 28.0. The lowest BCUT2D eigenvalue weighted by molar-refractivity contribution is 0.671. The maximum Gasteiger partial charge on any atom is 0.166 e. The highest BCUT2D eigenvalue weighted by atomic mass is 16.3. The van der Waals surface area contributed by atoms with Gasteiger partial charge in [0.25, 0.3) is 0 Å². The minimum Gasteiger partial charge on any atom is -0.454 e. The summed E-state index contributed by atoms with van der Waals surface area (Å²) in [4.78, 5) is 30.9. The van der Waals surface area contributed by atoms with Crippen LogP contribution in [0.15, 0.2) is 397 Å². The number of aromatic nitrogens is 8. The van der Waals surface area contributed by atoms with Gasteiger partial charge in [-0.2, -0.15) is 0 Å². The minimum absolute atomic E-state index is 0.590. The first-order valence-electron chi connectivity index (χ1n) is 37.6. The molecule has 22 aromatic rings. The second-order valence-electron chi connectivity index (χ2n) is 28.0. The van der Waals surface area contributed by atoms with Crippen molar-refractivity contribution in [1.82, 2.24) is 39.0 Å². The van der Waals surface area contributed by atoms with Crippen LogP contribution in [0.4, 0.5) is 0 Å². The molecular formula is C102H64N8O2. The molecule has 0 unspecified atom stereocenters. The molecular weight excluding hydrogens is 1370 g/mol. The van der Waals surface area contributed by atoms with Crippen molar-refractivity contribution >= 4 is 87.5 Å². The molecule has 10 nitrogen and oxygen atoms in total. The van der Waals surface area contributed by atoms with Crippen molar-refractivity contribution in [2.75, 3.05) is 0 Å². The third-order valence-corrected chi connectivity index (χ3v) is 21.4. The van der Waals surface area contributed by atoms with E-state index >= 15 is 0 Å². The quantitative estimate of drug-likeness (QED) is 0.119. The van der Waals surface area contributed by atoms with Crippen LogP contribution in [-0.2, 0) is 0 Å². The fraction of sp³-hybridized carbons (Fsp3) is 0. The fourth-order valence-electron chi connectivity index (χ4n) is 16.0. The zero-order valence-corrected chi connectivity index (χ0v) is 60.3. The topological polar surface area (TPSA) is 113 Å². The summed E-state index contributed by atoms with van der Waals surface area (Å²) in [7, 11) is 0. The van der Waals surface area contributed by atoms with E-state index in [9.17, 15) is 0 Å². The lowest BCUT2D eigenvalue weighted by Gasteiger charge is -2.14. The van der Waals surface area contributed by atoms with Gasteiger partial charge < -0.3 is 18.0 Å². The monoisotopic (exact) mass is 1430 g/mol. The van der Waals surface area contributed by atoms with Gasteiger partial charge >= 0.3 is 0 Å². The van der Waals surface area contributed by atoms with Gasteiger partial charge in [0.2, 0.25) is 0 Å². The first-order valence-corrected chi connectivity index (χ1v) is 37.6. The van der Waals surface area contributed by atoms with E-state index < -0.39 is 0 Å². The highest BCUT2D eigenvalue weighted by Crippen LogP contribution is 2.46. The van der Waals surface area contributed by atoms with Crippen LogP contribution in [0.1, 0.15) is 0 Å². The highest BCUT2D eigenvalue weighted by Gasteiger charge is 2.26. The molecule has 0 spiro atoms. The average molecular weight is 1430 g/mol. The minimum atomic E-state index is 0.590. The molecule has 0 fully saturated rings. The van der Waals surface area contributed by atoms with E-state index in [0.717, 1.165) is 171 Å². The molecule has 0 bridgehead atoms. The maximum absolute atomic E-state index is 6.90. The van der Waals surface area contributed by atoms with Crippen molar-refractivity contribution < 1.29 is 8.83 Å². The Balaban J connectivity index is 0.000000141. The summed E-state index contributed by atoms with van der Waals surface area (Å²) >= 11 is 0. The molecule has 524 valence electrons. The van der Waals surface area contributed by atoms with Crippen molar-refractivity contribution in [3.05, 3.63) is 388 Å². The summed E-state index contributed by atoms with van der Waals surface area (Å²) in [5, 5.41) is 8.82. The SMILES string of the molecule is c1ccc(-c2ccc(-c3nc(-c4ccccc4)nc(-c4ccccc4-n4c5ccccc5c5ccc6c7cc(-c8ccccc8)ccc7oc6c54)n3)cc2)cc1.c1ccc(-c2ccc(-c3nc(-c4ccccc4)nc(-c4ccccc4-n4c5ccccc5c5ccc6c7ccc(-c8ccccc8)cc7oc6c54)n3)cc2)cc1. The van der Waals surface area contributed by atoms with Crippen LogP contribution in [0.3, 0.4) is 0 Å². The Kier molecular flexibility index (Phi) is 16.0. The van der Waals surface area contributed by atoms with E-state index in [0.29, 0.717) is 34.9 Å². The number of fused-ring (bicyclic) bond motifs is 14. The van der Waals surface area contributed by atoms with Crippen LogP contribution >= 0.6 is 0 Å². The standard InChI is InChI=1S/2C51H32N4O/c1-4-14-33(15-5-1)35-24-26-37(27-25-35)50-52-49(36-18-8-3-9-19-36)53-51(54-50)42-21-11-13-23-45(42)55-44-22-12-10-20-39(44)40-29-30-41-43-32-38(34-16-6-2-7-17-34)28-31-46(43)56-48(41)47(40)55;1-4-14-33(15-5-1)35-24-26-37(27-25-35)50-52-49(36-18-8-3-9-19-36)53-51(54-50)43-21-11-13-23-45(43)55-44-22-12-10-20-39(44)41-30-31-42-40-29-28-38(34-16-6-2-7-17-34)32-46(40)56-48(42)47(41)55/h2*1-32H. The van der Waals surface area contributed by atoms with Crippen LogP contribution in [-0.4, -0.2) is 39.0 Å². The van der Waals surface area contributed by atoms with Gasteiger partial charge in [-0.15, -0.1) is 0 Å². The van der Waals surface area contributed by atoms with Gasteiger partial charge in [-0.3, -0.25) is 0 Å². The van der Waals surface area contributed by atoms with E-state index in [4.69, 9.17) is 38.7 Å². The number of hydrogen-bond acceptors (Lipinski definition) is 8. The van der Waals surface area contributed by atoms with E-state index in [1.807, 2.05) is 84.9 Å². The second kappa shape index (κ2) is 27.5. The molecule has 0 atom stereocenters. The highest BCUT2D eigenvalue weighted by molar-refractivity contribution is 6.23. The molecule has 0 aliphatic heterocycles. The van der Waals surface area contributed by atoms with Crippen LogP contribution < -0.4 is 0 Å². The van der Waals surface area contributed by atoms with Gasteiger partial charge in [0, 0.05) is 76.5 Å². The zero-order chi connectivity index (χ0) is 74.0. The molecule has 16 aromatic carbocycles. The van der Waals surface area contributed by atoms with Crippen molar-refractivity contribution in [2.45, 2.75) is 0 Å². The Hall–Kier alpha value is -15.3. The summed E-state index contributed by atoms with van der Waals surface area (Å²) in [6.07, 6.45) is 0. The van der Waals surface area contributed by atoms with E-state index in [-0.39, 0.29) is 0 Å². The van der Waals surface area contributed by atoms with Crippen molar-refractivity contribution in [1.29, 1.82) is 0 Å². The van der Waals surface area contributed by atoms with E-state index in [1.54, 1.807) is 0 Å². The van der Waals surface area contributed by atoms with Gasteiger partial charge in [-0.1, -0.05) is 315 Å². The van der Waals surface area contributed by atoms with Crippen molar-refractivity contribution in [2.24, 2.45) is 0 Å². The number of hydrogen-bond donors (Lipinski definition) is 0. The van der Waals surface area contributed by atoms with Crippen LogP contribution in [0.5, 0.6) is 0 Å². The number of para-hydroxylation sites is 4. The van der Waals surface area contributed by atoms with Crippen molar-refractivity contribution in [3.8, 4) is 124 Å². The number of benzene rings is 16. The largest absolute Gasteiger partial charge is 0.454 e. The van der Waals surface area contributed by atoms with Gasteiger partial charge in [0.05, 0.1) is 33.4 Å². The fourth-order valence-corrected chi connectivity index (χ4v) is 16.0. The van der Waals surface area contributed by atoms with Crippen LogP contribution in [0, 0.1) is 0 Å². The van der Waals surface area contributed by atoms with E-state index in [1.165, 1.54) is 5.56 Å². The normalized spacial score (nSPS) is 11.6. The molecule has 0 amide bonds. The predicted molar refractivity (Wildman–Crippen MR) is 457 cm³/mol. The molecule has 0 saturated heterocycles. The third-order valence-electron chi connectivity index (χ3n) is 21.4. The Morgan fingerprint density at radius 2 is 0.464 bits per heavy atom. The molecule has 22 rings (SSSR count). The smallest absolute Gasteiger partial charge is 0.166 e. The summed E-state index contributed by atoms with van der Waals surface area (Å²) < 4.78 is 18.4. The first kappa shape index (κ1) is 65.1. The molecule has 0 aliphatic carbocycles. The maximum atomic E-state index is 6.90. The Morgan fingerprint density at radius 1 is 0.179 bits per heavy atom. The lowest BCUT2D eigenvalue weighted by atomic mass is 10.0. The Bertz CT molecular complexity index is 7030. The van der Waals surface area contributed by atoms with Gasteiger partial charge in [-0.05, 0) is 117 Å². The first-order chi connectivity index (χ1) is 55.5. The van der Waals surface area contributed by atoms with Gasteiger partial charge in [-0.25, -0.2) is 29.9 Å². The summed E-state index contributed by atoms with van der Waals surface area (Å²) in [6.45, 7) is 0. The van der Waals surface area contributed by atoms with Gasteiger partial charge in [0.15, 0.2) is 46.1 Å². The molecule has 0 aliphatic rings. The Morgan fingerprint density at radius 3 is 0.902 bits per heavy atom. The van der Waals surface area contributed by atoms with Crippen molar-refractivity contribution in [3.63, 3.8) is 0 Å². The molecule has 112 heavy (non-hydrogen) atoms. The predicted octanol–water partition coefficient (Wildman–Crippen LogP) is 26.4.